The van der Waals surface area contributed by atoms with Gasteiger partial charge in [-0.1, -0.05) is 18.2 Å². The molecule has 1 heterocycles. The highest BCUT2D eigenvalue weighted by atomic mass is 35.5. The van der Waals surface area contributed by atoms with E-state index >= 15 is 0 Å². The number of carbonyl (C=O) groups excluding carboxylic acids is 1. The van der Waals surface area contributed by atoms with Crippen LogP contribution in [0.15, 0.2) is 29.2 Å². The second-order valence-electron chi connectivity index (χ2n) is 6.89. The number of halogens is 1. The lowest BCUT2D eigenvalue weighted by Gasteiger charge is -2.22. The molecule has 0 spiro atoms. The molecule has 1 aromatic rings. The van der Waals surface area contributed by atoms with Gasteiger partial charge in [-0.05, 0) is 24.5 Å². The molecule has 11 heteroatoms. The molecule has 4 N–H and O–H groups in total. The summed E-state index contributed by atoms with van der Waals surface area (Å²) in [6.45, 7) is -0.587. The molecule has 1 aliphatic heterocycles. The van der Waals surface area contributed by atoms with E-state index in [9.17, 15) is 33.5 Å². The topological polar surface area (TPSA) is 162 Å². The molecule has 0 bridgehead atoms. The zero-order chi connectivity index (χ0) is 20.0. The zero-order valence-electron chi connectivity index (χ0n) is 14.7. The summed E-state index contributed by atoms with van der Waals surface area (Å²) in [6, 6.07) is 6.00. The normalized spacial score (nSPS) is 29.5. The van der Waals surface area contributed by atoms with Crippen molar-refractivity contribution in [2.24, 2.45) is 11.1 Å². The third-order valence-electron chi connectivity index (χ3n) is 5.44. The number of sulfone groups is 1. The predicted octanol–water partition coefficient (Wildman–Crippen LogP) is -0.331. The average Bonchev–Trinajstić information content (AvgIpc) is 3.22. The number of benzene rings is 1. The van der Waals surface area contributed by atoms with E-state index in [2.05, 4.69) is 0 Å². The highest BCUT2D eigenvalue weighted by molar-refractivity contribution is 7.92. The average molecular weight is 430 g/mol. The van der Waals surface area contributed by atoms with Crippen molar-refractivity contribution < 1.29 is 28.2 Å². The van der Waals surface area contributed by atoms with E-state index in [1.165, 1.54) is 23.1 Å². The minimum Gasteiger partial charge on any atom is -0.480 e. The highest BCUT2D eigenvalue weighted by Crippen LogP contribution is 2.51. The number of amides is 1. The molecule has 9 nitrogen and oxygen atoms in total. The van der Waals surface area contributed by atoms with Crippen molar-refractivity contribution in [3.63, 3.8) is 0 Å². The van der Waals surface area contributed by atoms with Crippen LogP contribution in [0.5, 0.6) is 0 Å². The largest absolute Gasteiger partial charge is 0.480 e. The number of aliphatic hydroxyl groups is 1. The fourth-order valence-corrected chi connectivity index (χ4v) is 5.74. The van der Waals surface area contributed by atoms with Crippen molar-refractivity contribution in [2.75, 3.05) is 6.54 Å². The molecule has 1 aromatic carbocycles. The van der Waals surface area contributed by atoms with Gasteiger partial charge in [-0.25, -0.2) is 8.42 Å². The number of carbonyl (C=O) groups is 2. The lowest BCUT2D eigenvalue weighted by Crippen LogP contribution is -2.42. The second-order valence-corrected chi connectivity index (χ2v) is 9.08. The number of aliphatic hydroxyl groups excluding tert-OH is 1. The summed E-state index contributed by atoms with van der Waals surface area (Å²) >= 11 is 0. The second kappa shape index (κ2) is 7.67. The number of hydrogen-bond donors (Lipinski definition) is 3. The first kappa shape index (κ1) is 22.1. The Hall–Kier alpha value is -2.19. The number of nitrogens with two attached hydrogens (primary N) is 1. The first-order valence-corrected chi connectivity index (χ1v) is 9.86. The van der Waals surface area contributed by atoms with Gasteiger partial charge in [0.15, 0.2) is 15.3 Å². The summed E-state index contributed by atoms with van der Waals surface area (Å²) in [7, 11) is -3.91. The van der Waals surface area contributed by atoms with Crippen LogP contribution < -0.4 is 5.73 Å². The molecular formula is C17H20ClN3O6S. The fourth-order valence-electron chi connectivity index (χ4n) is 3.81. The van der Waals surface area contributed by atoms with Crippen LogP contribution in [0.1, 0.15) is 18.4 Å². The first-order valence-electron chi connectivity index (χ1n) is 8.31. The minimum absolute atomic E-state index is 0. The van der Waals surface area contributed by atoms with Crippen molar-refractivity contribution in [1.29, 1.82) is 5.26 Å². The maximum Gasteiger partial charge on any atom is 0.320 e. The molecule has 1 aliphatic carbocycles. The van der Waals surface area contributed by atoms with Gasteiger partial charge < -0.3 is 15.9 Å². The lowest BCUT2D eigenvalue weighted by molar-refractivity contribution is -0.142. The molecule has 0 aromatic heterocycles. The molecule has 3 rings (SSSR count). The number of nitriles is 1. The Balaban J connectivity index is 0.00000280. The number of aliphatic carboxylic acids is 1. The van der Waals surface area contributed by atoms with E-state index in [4.69, 9.17) is 5.73 Å². The maximum absolute atomic E-state index is 13.0. The Bertz CT molecular complexity index is 946. The van der Waals surface area contributed by atoms with E-state index in [-0.39, 0.29) is 42.3 Å². The number of hydrogen-bond acceptors (Lipinski definition) is 7. The summed E-state index contributed by atoms with van der Waals surface area (Å²) in [5.74, 6) is -2.05. The number of carboxylic acid groups (broad SMARTS) is 1. The molecule has 1 saturated heterocycles. The van der Waals surface area contributed by atoms with Gasteiger partial charge in [-0.15, -0.1) is 12.4 Å². The van der Waals surface area contributed by atoms with Gasteiger partial charge in [0.05, 0.1) is 22.8 Å². The Morgan fingerprint density at radius 2 is 2.00 bits per heavy atom. The van der Waals surface area contributed by atoms with Crippen molar-refractivity contribution in [2.45, 2.75) is 41.7 Å². The van der Waals surface area contributed by atoms with E-state index in [0.717, 1.165) is 0 Å². The molecule has 2 unspecified atom stereocenters. The van der Waals surface area contributed by atoms with Gasteiger partial charge >= 0.3 is 5.97 Å². The zero-order valence-corrected chi connectivity index (χ0v) is 16.3. The molecule has 0 radical (unpaired) electrons. The molecule has 2 aliphatic rings. The first-order chi connectivity index (χ1) is 12.7. The quantitative estimate of drug-likeness (QED) is 0.553. The predicted molar refractivity (Wildman–Crippen MR) is 99.0 cm³/mol. The van der Waals surface area contributed by atoms with Crippen LogP contribution in [-0.2, 0) is 26.0 Å². The van der Waals surface area contributed by atoms with Crippen LogP contribution in [0, 0.1) is 16.7 Å². The van der Waals surface area contributed by atoms with E-state index in [1.54, 1.807) is 6.07 Å². The van der Waals surface area contributed by atoms with E-state index in [1.807, 2.05) is 6.07 Å². The summed E-state index contributed by atoms with van der Waals surface area (Å²) < 4.78 is 26.1. The van der Waals surface area contributed by atoms with Gasteiger partial charge in [0.25, 0.3) is 0 Å². The van der Waals surface area contributed by atoms with Crippen molar-refractivity contribution >= 4 is 34.1 Å². The number of likely N-dealkylation sites (tertiary alicyclic amines) is 1. The van der Waals surface area contributed by atoms with Crippen LogP contribution in [0.3, 0.4) is 0 Å². The Kier molecular flexibility index (Phi) is 6.06. The monoisotopic (exact) mass is 429 g/mol. The summed E-state index contributed by atoms with van der Waals surface area (Å²) in [6.07, 6.45) is -0.0865. The van der Waals surface area contributed by atoms with Gasteiger partial charge in [0.2, 0.25) is 5.91 Å². The standard InChI is InChI=1S/C17H19N3O6S.ClH/c18-9-17(16(19)24)6-14(17)20-7-11(5-12(20)15(22)23)27(25,26)13-4-2-1-3-10(13)8-21;/h1-4,11-12,14,21H,5-8H2,(H2,19,24)(H,22,23);1H/t11-,12+,14?,17?;/m1./s1. The molecule has 4 atom stereocenters. The summed E-state index contributed by atoms with van der Waals surface area (Å²) in [5.41, 5.74) is 4.05. The molecule has 152 valence electrons. The molecule has 28 heavy (non-hydrogen) atoms. The van der Waals surface area contributed by atoms with E-state index in [0.29, 0.717) is 0 Å². The van der Waals surface area contributed by atoms with Gasteiger partial charge in [-0.3, -0.25) is 14.5 Å². The Morgan fingerprint density at radius 3 is 2.50 bits per heavy atom. The lowest BCUT2D eigenvalue weighted by atomic mass is 10.1. The Morgan fingerprint density at radius 1 is 1.36 bits per heavy atom. The van der Waals surface area contributed by atoms with Crippen LogP contribution >= 0.6 is 12.4 Å². The minimum atomic E-state index is -3.91. The summed E-state index contributed by atoms with van der Waals surface area (Å²) in [4.78, 5) is 24.6. The molecule has 1 amide bonds. The van der Waals surface area contributed by atoms with Crippen molar-refractivity contribution in [3.05, 3.63) is 29.8 Å². The maximum atomic E-state index is 13.0. The van der Waals surface area contributed by atoms with Gasteiger partial charge in [0, 0.05) is 12.6 Å². The van der Waals surface area contributed by atoms with Gasteiger partial charge in [-0.2, -0.15) is 5.26 Å². The van der Waals surface area contributed by atoms with Crippen LogP contribution in [0.4, 0.5) is 0 Å². The third-order valence-corrected chi connectivity index (χ3v) is 7.67. The van der Waals surface area contributed by atoms with E-state index < -0.39 is 51.1 Å². The Labute approximate surface area is 168 Å². The summed E-state index contributed by atoms with van der Waals surface area (Å²) in [5, 5.41) is 27.2. The van der Waals surface area contributed by atoms with Crippen LogP contribution in [0.25, 0.3) is 0 Å². The highest BCUT2D eigenvalue weighted by Gasteiger charge is 2.66. The van der Waals surface area contributed by atoms with Crippen LogP contribution in [0.2, 0.25) is 0 Å². The van der Waals surface area contributed by atoms with Crippen LogP contribution in [-0.4, -0.2) is 59.3 Å². The third kappa shape index (κ3) is 3.35. The van der Waals surface area contributed by atoms with Crippen molar-refractivity contribution in [1.82, 2.24) is 4.90 Å². The number of carboxylic acids is 1. The SMILES string of the molecule is Cl.N#CC1(C(N)=O)CC1N1C[C@H](S(=O)(=O)c2ccccc2CO)C[C@H]1C(=O)O. The number of primary amides is 1. The molecular weight excluding hydrogens is 410 g/mol. The molecule has 2 fully saturated rings. The van der Waals surface area contributed by atoms with Gasteiger partial charge in [0.1, 0.15) is 6.04 Å². The number of nitrogens with zero attached hydrogens (tertiary/aromatic N) is 2. The fraction of sp³-hybridized carbons (Fsp3) is 0.471. The molecule has 1 saturated carbocycles. The van der Waals surface area contributed by atoms with Crippen molar-refractivity contribution in [3.8, 4) is 6.07 Å². The smallest absolute Gasteiger partial charge is 0.320 e. The number of rotatable bonds is 6.